The van der Waals surface area contributed by atoms with Crippen LogP contribution in [-0.2, 0) is 11.0 Å². The van der Waals surface area contributed by atoms with E-state index in [1.54, 1.807) is 42.5 Å². The largest absolute Gasteiger partial charge is 0.497 e. The molecule has 0 radical (unpaired) electrons. The summed E-state index contributed by atoms with van der Waals surface area (Å²) in [5.74, 6) is -0.371. The van der Waals surface area contributed by atoms with Crippen molar-refractivity contribution < 1.29 is 31.9 Å². The second-order valence-corrected chi connectivity index (χ2v) is 8.62. The summed E-state index contributed by atoms with van der Waals surface area (Å²) in [5.41, 5.74) is 0.690. The van der Waals surface area contributed by atoms with Crippen LogP contribution >= 0.6 is 0 Å². The third kappa shape index (κ3) is 5.93. The van der Waals surface area contributed by atoms with E-state index in [-0.39, 0.29) is 24.2 Å². The topological polar surface area (TPSA) is 74.2 Å². The highest BCUT2D eigenvalue weighted by Gasteiger charge is 2.35. The molecular formula is C27H24F4N4O3. The second-order valence-electron chi connectivity index (χ2n) is 8.62. The maximum Gasteiger partial charge on any atom is 0.416 e. The molecule has 11 heteroatoms. The van der Waals surface area contributed by atoms with Crippen LogP contribution in [0.2, 0.25) is 0 Å². The highest BCUT2D eigenvalue weighted by Crippen LogP contribution is 2.34. The van der Waals surface area contributed by atoms with E-state index in [9.17, 15) is 27.2 Å². The predicted octanol–water partition coefficient (Wildman–Crippen LogP) is 5.69. The number of rotatable bonds is 6. The zero-order valence-electron chi connectivity index (χ0n) is 20.5. The van der Waals surface area contributed by atoms with Crippen LogP contribution in [0.5, 0.6) is 5.75 Å². The summed E-state index contributed by atoms with van der Waals surface area (Å²) < 4.78 is 58.0. The molecule has 1 heterocycles. The third-order valence-corrected chi connectivity index (χ3v) is 6.03. The molecule has 3 amide bonds. The SMILES string of the molecule is COc1ccc(C2CC(c3ccccc3F)=NN2C(=O)CN(C)C(=O)Nc2ccc(C(F)(F)F)cc2)cc1. The molecule has 1 aliphatic rings. The van der Waals surface area contributed by atoms with E-state index in [1.165, 1.54) is 25.2 Å². The number of carbonyl (C=O) groups excluding carboxylic acids is 2. The van der Waals surface area contributed by atoms with E-state index in [2.05, 4.69) is 10.4 Å². The number of benzene rings is 3. The van der Waals surface area contributed by atoms with Crippen LogP contribution in [0.4, 0.5) is 28.0 Å². The molecule has 7 nitrogen and oxygen atoms in total. The molecule has 0 aliphatic carbocycles. The van der Waals surface area contributed by atoms with Crippen LogP contribution in [0.3, 0.4) is 0 Å². The molecule has 38 heavy (non-hydrogen) atoms. The molecule has 4 rings (SSSR count). The normalized spacial score (nSPS) is 15.2. The van der Waals surface area contributed by atoms with E-state index in [0.717, 1.165) is 34.7 Å². The Hall–Kier alpha value is -4.41. The van der Waals surface area contributed by atoms with Crippen LogP contribution < -0.4 is 10.1 Å². The number of nitrogens with one attached hydrogen (secondary N) is 1. The van der Waals surface area contributed by atoms with Gasteiger partial charge in [-0.05, 0) is 48.0 Å². The van der Waals surface area contributed by atoms with Gasteiger partial charge in [0.2, 0.25) is 0 Å². The van der Waals surface area contributed by atoms with Gasteiger partial charge in [-0.15, -0.1) is 0 Å². The molecule has 198 valence electrons. The highest BCUT2D eigenvalue weighted by molar-refractivity contribution is 6.03. The minimum Gasteiger partial charge on any atom is -0.497 e. The zero-order chi connectivity index (χ0) is 27.4. The van der Waals surface area contributed by atoms with Crippen molar-refractivity contribution in [3.63, 3.8) is 0 Å². The molecule has 1 atom stereocenters. The van der Waals surface area contributed by atoms with Crippen LogP contribution in [0, 0.1) is 5.82 Å². The van der Waals surface area contributed by atoms with Gasteiger partial charge in [-0.2, -0.15) is 18.3 Å². The number of ether oxygens (including phenoxy) is 1. The standard InChI is InChI=1S/C27H24F4N4O3/c1-34(26(37)32-19-11-9-18(10-12-19)27(29,30)31)16-25(36)35-24(17-7-13-20(38-2)14-8-17)15-23(33-35)21-5-3-4-6-22(21)28/h3-14,24H,15-16H2,1-2H3,(H,32,37). The summed E-state index contributed by atoms with van der Waals surface area (Å²) in [6.45, 7) is -0.382. The molecule has 3 aromatic carbocycles. The van der Waals surface area contributed by atoms with Gasteiger partial charge in [0.25, 0.3) is 5.91 Å². The van der Waals surface area contributed by atoms with E-state index < -0.39 is 35.5 Å². The van der Waals surface area contributed by atoms with Gasteiger partial charge in [-0.3, -0.25) is 4.79 Å². The first-order valence-electron chi connectivity index (χ1n) is 11.5. The molecule has 0 aromatic heterocycles. The number of urea groups is 1. The molecule has 1 unspecified atom stereocenters. The lowest BCUT2D eigenvalue weighted by Gasteiger charge is -2.25. The summed E-state index contributed by atoms with van der Waals surface area (Å²) in [6, 6.07) is 15.9. The van der Waals surface area contributed by atoms with Gasteiger partial charge >= 0.3 is 12.2 Å². The summed E-state index contributed by atoms with van der Waals surface area (Å²) in [5, 5.41) is 8.10. The summed E-state index contributed by atoms with van der Waals surface area (Å²) in [7, 11) is 2.91. The Morgan fingerprint density at radius 2 is 1.71 bits per heavy atom. The van der Waals surface area contributed by atoms with Crippen LogP contribution in [0.15, 0.2) is 77.9 Å². The van der Waals surface area contributed by atoms with Crippen molar-refractivity contribution in [2.45, 2.75) is 18.6 Å². The number of hydrazone groups is 1. The first kappa shape index (κ1) is 26.6. The smallest absolute Gasteiger partial charge is 0.416 e. The molecule has 0 saturated carbocycles. The number of hydrogen-bond acceptors (Lipinski definition) is 4. The lowest BCUT2D eigenvalue weighted by atomic mass is 9.98. The van der Waals surface area contributed by atoms with Crippen molar-refractivity contribution >= 4 is 23.3 Å². The number of amides is 3. The van der Waals surface area contributed by atoms with Gasteiger partial charge in [-0.1, -0.05) is 30.3 Å². The number of anilines is 1. The maximum atomic E-state index is 14.5. The van der Waals surface area contributed by atoms with Crippen molar-refractivity contribution in [1.29, 1.82) is 0 Å². The van der Waals surface area contributed by atoms with Crippen molar-refractivity contribution in [2.24, 2.45) is 5.10 Å². The fraction of sp³-hybridized carbons (Fsp3) is 0.222. The van der Waals surface area contributed by atoms with E-state index in [1.807, 2.05) is 0 Å². The number of methoxy groups -OCH3 is 1. The quantitative estimate of drug-likeness (QED) is 0.418. The Balaban J connectivity index is 1.51. The van der Waals surface area contributed by atoms with Gasteiger partial charge in [-0.25, -0.2) is 14.2 Å². The predicted molar refractivity (Wildman–Crippen MR) is 133 cm³/mol. The van der Waals surface area contributed by atoms with Crippen molar-refractivity contribution in [3.8, 4) is 5.75 Å². The molecule has 0 fully saturated rings. The summed E-state index contributed by atoms with van der Waals surface area (Å²) >= 11 is 0. The minimum absolute atomic E-state index is 0.138. The van der Waals surface area contributed by atoms with E-state index in [0.29, 0.717) is 11.5 Å². The van der Waals surface area contributed by atoms with Gasteiger partial charge in [0.15, 0.2) is 0 Å². The fourth-order valence-electron chi connectivity index (χ4n) is 3.99. The first-order valence-corrected chi connectivity index (χ1v) is 11.5. The van der Waals surface area contributed by atoms with Crippen LogP contribution in [-0.4, -0.2) is 48.3 Å². The molecule has 0 bridgehead atoms. The summed E-state index contributed by atoms with van der Waals surface area (Å²) in [6.07, 6.45) is -4.25. The first-order chi connectivity index (χ1) is 18.1. The zero-order valence-corrected chi connectivity index (χ0v) is 20.5. The molecule has 3 aromatic rings. The number of likely N-dealkylation sites (N-methyl/N-ethyl adjacent to an activating group) is 1. The van der Waals surface area contributed by atoms with Crippen molar-refractivity contribution in [2.75, 3.05) is 26.0 Å². The fourth-order valence-corrected chi connectivity index (χ4v) is 3.99. The number of nitrogens with zero attached hydrogens (tertiary/aromatic N) is 3. The third-order valence-electron chi connectivity index (χ3n) is 6.03. The Kier molecular flexibility index (Phi) is 7.65. The van der Waals surface area contributed by atoms with Gasteiger partial charge in [0.05, 0.1) is 24.4 Å². The number of alkyl halides is 3. The molecule has 1 aliphatic heterocycles. The van der Waals surface area contributed by atoms with Crippen LogP contribution in [0.1, 0.15) is 29.2 Å². The lowest BCUT2D eigenvalue weighted by Crippen LogP contribution is -2.41. The second kappa shape index (κ2) is 10.9. The Morgan fingerprint density at radius 3 is 2.32 bits per heavy atom. The Morgan fingerprint density at radius 1 is 1.05 bits per heavy atom. The molecule has 0 spiro atoms. The van der Waals surface area contributed by atoms with Gasteiger partial charge in [0, 0.05) is 24.7 Å². The number of hydrogen-bond donors (Lipinski definition) is 1. The summed E-state index contributed by atoms with van der Waals surface area (Å²) in [4.78, 5) is 27.0. The average molecular weight is 529 g/mol. The van der Waals surface area contributed by atoms with E-state index >= 15 is 0 Å². The maximum absolute atomic E-state index is 14.5. The number of halogens is 4. The lowest BCUT2D eigenvalue weighted by molar-refractivity contribution is -0.137. The Labute approximate surface area is 216 Å². The highest BCUT2D eigenvalue weighted by atomic mass is 19.4. The van der Waals surface area contributed by atoms with Crippen molar-refractivity contribution in [1.82, 2.24) is 9.91 Å². The van der Waals surface area contributed by atoms with Crippen molar-refractivity contribution in [3.05, 3.63) is 95.3 Å². The van der Waals surface area contributed by atoms with E-state index in [4.69, 9.17) is 4.74 Å². The van der Waals surface area contributed by atoms with Crippen LogP contribution in [0.25, 0.3) is 0 Å². The number of carbonyl (C=O) groups is 2. The molecule has 0 saturated heterocycles. The Bertz CT molecular complexity index is 1340. The van der Waals surface area contributed by atoms with Gasteiger partial charge < -0.3 is 15.0 Å². The molecular weight excluding hydrogens is 504 g/mol. The van der Waals surface area contributed by atoms with Gasteiger partial charge in [0.1, 0.15) is 18.1 Å². The minimum atomic E-state index is -4.50. The molecule has 1 N–H and O–H groups in total. The monoisotopic (exact) mass is 528 g/mol. The average Bonchev–Trinajstić information content (AvgIpc) is 3.34.